The van der Waals surface area contributed by atoms with Crippen molar-refractivity contribution in [3.05, 3.63) is 66.0 Å². The number of hydrogen-bond acceptors (Lipinski definition) is 2. The van der Waals surface area contributed by atoms with Crippen molar-refractivity contribution in [2.45, 2.75) is 50.2 Å². The quantitative estimate of drug-likeness (QED) is 0.838. The van der Waals surface area contributed by atoms with E-state index in [0.29, 0.717) is 5.56 Å². The first-order valence-corrected chi connectivity index (χ1v) is 9.81. The molecule has 146 valence electrons. The van der Waals surface area contributed by atoms with Gasteiger partial charge in [-0.05, 0) is 62.4 Å². The van der Waals surface area contributed by atoms with Crippen LogP contribution in [0.2, 0.25) is 0 Å². The summed E-state index contributed by atoms with van der Waals surface area (Å²) in [5, 5.41) is 6.02. The van der Waals surface area contributed by atoms with Gasteiger partial charge >= 0.3 is 6.03 Å². The van der Waals surface area contributed by atoms with Crippen molar-refractivity contribution in [3.8, 4) is 0 Å². The third-order valence-electron chi connectivity index (χ3n) is 5.66. The van der Waals surface area contributed by atoms with Crippen LogP contribution in [-0.4, -0.2) is 35.0 Å². The Hall–Kier alpha value is -2.89. The number of amides is 3. The number of carbonyl (C=O) groups is 2. The summed E-state index contributed by atoms with van der Waals surface area (Å²) in [5.41, 5.74) is 1.11. The van der Waals surface area contributed by atoms with E-state index in [2.05, 4.69) is 10.6 Å². The summed E-state index contributed by atoms with van der Waals surface area (Å²) in [5.74, 6) is -0.679. The Kier molecular flexibility index (Phi) is 5.28. The zero-order chi connectivity index (χ0) is 19.5. The molecule has 2 aliphatic heterocycles. The SMILES string of the molecule is O=C(NC1C[C@H]2CCC[C@@H](C1)N2C(=O)Nc1ccccc1)c1cccc(F)c1. The fourth-order valence-electron chi connectivity index (χ4n) is 4.44. The van der Waals surface area contributed by atoms with Crippen molar-refractivity contribution in [2.75, 3.05) is 5.32 Å². The molecular formula is C22H24FN3O2. The number of nitrogens with zero attached hydrogens (tertiary/aromatic N) is 1. The number of urea groups is 1. The van der Waals surface area contributed by atoms with Gasteiger partial charge < -0.3 is 15.5 Å². The monoisotopic (exact) mass is 381 g/mol. The number of halogens is 1. The molecule has 28 heavy (non-hydrogen) atoms. The Labute approximate surface area is 163 Å². The molecule has 4 rings (SSSR count). The van der Waals surface area contributed by atoms with E-state index in [0.717, 1.165) is 37.8 Å². The van der Waals surface area contributed by atoms with Crippen LogP contribution in [-0.2, 0) is 0 Å². The number of fused-ring (bicyclic) bond motifs is 2. The highest BCUT2D eigenvalue weighted by atomic mass is 19.1. The molecule has 2 aliphatic rings. The molecular weight excluding hydrogens is 357 g/mol. The average molecular weight is 381 g/mol. The normalized spacial score (nSPS) is 23.8. The van der Waals surface area contributed by atoms with Crippen molar-refractivity contribution < 1.29 is 14.0 Å². The van der Waals surface area contributed by atoms with E-state index < -0.39 is 5.82 Å². The minimum Gasteiger partial charge on any atom is -0.349 e. The number of rotatable bonds is 3. The number of benzene rings is 2. The lowest BCUT2D eigenvalue weighted by Crippen LogP contribution is -2.59. The number of para-hydroxylation sites is 1. The molecule has 2 bridgehead atoms. The van der Waals surface area contributed by atoms with Crippen LogP contribution in [0.25, 0.3) is 0 Å². The van der Waals surface area contributed by atoms with E-state index in [1.165, 1.54) is 18.2 Å². The van der Waals surface area contributed by atoms with Gasteiger partial charge in [0.05, 0.1) is 0 Å². The molecule has 2 N–H and O–H groups in total. The van der Waals surface area contributed by atoms with Crippen LogP contribution in [0.1, 0.15) is 42.5 Å². The summed E-state index contributed by atoms with van der Waals surface area (Å²) in [6.45, 7) is 0. The highest BCUT2D eigenvalue weighted by Gasteiger charge is 2.41. The highest BCUT2D eigenvalue weighted by Crippen LogP contribution is 2.34. The van der Waals surface area contributed by atoms with Gasteiger partial charge in [-0.25, -0.2) is 9.18 Å². The first-order chi connectivity index (χ1) is 13.6. The summed E-state index contributed by atoms with van der Waals surface area (Å²) >= 11 is 0. The third kappa shape index (κ3) is 4.01. The van der Waals surface area contributed by atoms with Crippen LogP contribution in [0.3, 0.4) is 0 Å². The molecule has 2 aromatic carbocycles. The zero-order valence-corrected chi connectivity index (χ0v) is 15.6. The molecule has 2 aromatic rings. The third-order valence-corrected chi connectivity index (χ3v) is 5.66. The maximum Gasteiger partial charge on any atom is 0.322 e. The average Bonchev–Trinajstić information content (AvgIpc) is 2.68. The van der Waals surface area contributed by atoms with Crippen molar-refractivity contribution in [3.63, 3.8) is 0 Å². The lowest BCUT2D eigenvalue weighted by atomic mass is 9.82. The molecule has 0 aliphatic carbocycles. The summed E-state index contributed by atoms with van der Waals surface area (Å²) in [6, 6.07) is 15.3. The number of nitrogens with one attached hydrogen (secondary N) is 2. The fraction of sp³-hybridized carbons (Fsp3) is 0.364. The van der Waals surface area contributed by atoms with Crippen LogP contribution in [0, 0.1) is 5.82 Å². The molecule has 6 heteroatoms. The minimum absolute atomic E-state index is 0.00755. The molecule has 3 atom stereocenters. The Balaban J connectivity index is 1.42. The van der Waals surface area contributed by atoms with Crippen molar-refractivity contribution >= 4 is 17.6 Å². The van der Waals surface area contributed by atoms with Crippen LogP contribution < -0.4 is 10.6 Å². The Morgan fingerprint density at radius 1 is 0.964 bits per heavy atom. The molecule has 0 spiro atoms. The number of hydrogen-bond donors (Lipinski definition) is 2. The second-order valence-corrected chi connectivity index (χ2v) is 7.59. The van der Waals surface area contributed by atoms with E-state index in [-0.39, 0.29) is 30.1 Å². The molecule has 1 unspecified atom stereocenters. The smallest absolute Gasteiger partial charge is 0.322 e. The van der Waals surface area contributed by atoms with E-state index in [4.69, 9.17) is 0 Å². The molecule has 5 nitrogen and oxygen atoms in total. The predicted molar refractivity (Wildman–Crippen MR) is 106 cm³/mol. The molecule has 0 radical (unpaired) electrons. The lowest BCUT2D eigenvalue weighted by Gasteiger charge is -2.48. The number of carbonyl (C=O) groups excluding carboxylic acids is 2. The molecule has 2 fully saturated rings. The zero-order valence-electron chi connectivity index (χ0n) is 15.6. The Bertz CT molecular complexity index is 844. The van der Waals surface area contributed by atoms with Crippen LogP contribution in [0.15, 0.2) is 54.6 Å². The standard InChI is InChI=1S/C22H24FN3O2/c23-16-7-4-6-15(12-16)21(27)24-18-13-19-10-5-11-20(14-18)26(19)22(28)25-17-8-2-1-3-9-17/h1-4,6-9,12,18-20H,5,10-11,13-14H2,(H,24,27)(H,25,28)/t18?,19-,20+. The van der Waals surface area contributed by atoms with E-state index in [1.54, 1.807) is 6.07 Å². The van der Waals surface area contributed by atoms with Crippen molar-refractivity contribution in [1.29, 1.82) is 0 Å². The first-order valence-electron chi connectivity index (χ1n) is 9.81. The summed E-state index contributed by atoms with van der Waals surface area (Å²) in [6.07, 6.45) is 4.41. The summed E-state index contributed by atoms with van der Waals surface area (Å²) in [7, 11) is 0. The fourth-order valence-corrected chi connectivity index (χ4v) is 4.44. The summed E-state index contributed by atoms with van der Waals surface area (Å²) < 4.78 is 13.4. The number of anilines is 1. The molecule has 2 heterocycles. The van der Waals surface area contributed by atoms with E-state index in [9.17, 15) is 14.0 Å². The molecule has 0 saturated carbocycles. The maximum absolute atomic E-state index is 13.4. The Morgan fingerprint density at radius 2 is 1.68 bits per heavy atom. The first kappa shape index (κ1) is 18.5. The topological polar surface area (TPSA) is 61.4 Å². The van der Waals surface area contributed by atoms with Gasteiger partial charge in [0.15, 0.2) is 0 Å². The molecule has 3 amide bonds. The number of piperidine rings is 2. The van der Waals surface area contributed by atoms with Gasteiger partial charge in [-0.15, -0.1) is 0 Å². The van der Waals surface area contributed by atoms with Gasteiger partial charge in [-0.2, -0.15) is 0 Å². The van der Waals surface area contributed by atoms with E-state index >= 15 is 0 Å². The second-order valence-electron chi connectivity index (χ2n) is 7.59. The van der Waals surface area contributed by atoms with Gasteiger partial charge in [-0.3, -0.25) is 4.79 Å². The summed E-state index contributed by atoms with van der Waals surface area (Å²) in [4.78, 5) is 27.3. The van der Waals surface area contributed by atoms with Gasteiger partial charge in [0, 0.05) is 29.4 Å². The van der Waals surface area contributed by atoms with Gasteiger partial charge in [0.25, 0.3) is 5.91 Å². The highest BCUT2D eigenvalue weighted by molar-refractivity contribution is 5.94. The van der Waals surface area contributed by atoms with E-state index in [1.807, 2.05) is 35.2 Å². The Morgan fingerprint density at radius 3 is 2.36 bits per heavy atom. The van der Waals surface area contributed by atoms with Crippen molar-refractivity contribution in [2.24, 2.45) is 0 Å². The van der Waals surface area contributed by atoms with Gasteiger partial charge in [0.2, 0.25) is 0 Å². The molecule has 2 saturated heterocycles. The minimum atomic E-state index is -0.420. The van der Waals surface area contributed by atoms with Crippen LogP contribution in [0.4, 0.5) is 14.9 Å². The van der Waals surface area contributed by atoms with Crippen LogP contribution in [0.5, 0.6) is 0 Å². The lowest BCUT2D eigenvalue weighted by molar-refractivity contribution is 0.0577. The van der Waals surface area contributed by atoms with Gasteiger partial charge in [0.1, 0.15) is 5.82 Å². The second kappa shape index (κ2) is 8.00. The van der Waals surface area contributed by atoms with Gasteiger partial charge in [-0.1, -0.05) is 24.3 Å². The maximum atomic E-state index is 13.4. The largest absolute Gasteiger partial charge is 0.349 e. The van der Waals surface area contributed by atoms with Crippen LogP contribution >= 0.6 is 0 Å². The molecule has 0 aromatic heterocycles. The predicted octanol–water partition coefficient (Wildman–Crippen LogP) is 4.17. The van der Waals surface area contributed by atoms with Crippen molar-refractivity contribution in [1.82, 2.24) is 10.2 Å².